The van der Waals surface area contributed by atoms with E-state index in [4.69, 9.17) is 0 Å². The maximum Gasteiger partial charge on any atom is 0.326 e. The Labute approximate surface area is 146 Å². The van der Waals surface area contributed by atoms with Gasteiger partial charge in [0.1, 0.15) is 6.04 Å². The molecule has 2 N–H and O–H groups in total. The Kier molecular flexibility index (Phi) is 4.88. The highest BCUT2D eigenvalue weighted by Crippen LogP contribution is 2.28. The monoisotopic (exact) mass is 341 g/mol. The molecule has 1 amide bonds. The van der Waals surface area contributed by atoms with Crippen molar-refractivity contribution in [2.45, 2.75) is 52.0 Å². The average molecular weight is 341 g/mol. The Balaban J connectivity index is 1.92. The van der Waals surface area contributed by atoms with E-state index < -0.39 is 17.9 Å². The van der Waals surface area contributed by atoms with Crippen LogP contribution in [0.3, 0.4) is 0 Å². The number of amides is 1. The van der Waals surface area contributed by atoms with Crippen LogP contribution >= 0.6 is 0 Å². The number of fused-ring (bicyclic) bond motifs is 1. The number of carbonyl (C=O) groups excluding carboxylic acids is 1. The Hall–Kier alpha value is -2.63. The third-order valence-electron chi connectivity index (χ3n) is 4.60. The van der Waals surface area contributed by atoms with E-state index in [9.17, 15) is 14.7 Å². The van der Waals surface area contributed by atoms with Crippen molar-refractivity contribution in [1.29, 1.82) is 0 Å². The number of carbonyl (C=O) groups is 2. The summed E-state index contributed by atoms with van der Waals surface area (Å²) in [6.07, 6.45) is 3.75. The van der Waals surface area contributed by atoms with E-state index in [2.05, 4.69) is 10.4 Å². The van der Waals surface area contributed by atoms with E-state index in [0.717, 1.165) is 41.8 Å². The van der Waals surface area contributed by atoms with Gasteiger partial charge < -0.3 is 10.4 Å². The largest absolute Gasteiger partial charge is 0.480 e. The zero-order valence-corrected chi connectivity index (χ0v) is 14.6. The quantitative estimate of drug-likeness (QED) is 0.846. The summed E-state index contributed by atoms with van der Waals surface area (Å²) in [4.78, 5) is 24.0. The van der Waals surface area contributed by atoms with Crippen molar-refractivity contribution < 1.29 is 14.7 Å². The summed E-state index contributed by atoms with van der Waals surface area (Å²) >= 11 is 0. The Morgan fingerprint density at radius 2 is 2.00 bits per heavy atom. The molecule has 1 aliphatic carbocycles. The molecule has 1 aromatic carbocycles. The number of carboxylic acids is 1. The van der Waals surface area contributed by atoms with Crippen LogP contribution in [0.15, 0.2) is 24.3 Å². The van der Waals surface area contributed by atoms with Crippen LogP contribution in [0.4, 0.5) is 0 Å². The third-order valence-corrected chi connectivity index (χ3v) is 4.60. The first-order chi connectivity index (χ1) is 12.0. The van der Waals surface area contributed by atoms with Crippen LogP contribution in [0, 0.1) is 6.92 Å². The van der Waals surface area contributed by atoms with Gasteiger partial charge >= 0.3 is 5.97 Å². The number of aromatic nitrogens is 2. The first-order valence-electron chi connectivity index (χ1n) is 8.72. The predicted molar refractivity (Wildman–Crippen MR) is 94.1 cm³/mol. The van der Waals surface area contributed by atoms with Gasteiger partial charge in [0.2, 0.25) is 0 Å². The molecule has 25 heavy (non-hydrogen) atoms. The van der Waals surface area contributed by atoms with Crippen LogP contribution in [-0.2, 0) is 17.6 Å². The lowest BCUT2D eigenvalue weighted by atomic mass is 10.1. The van der Waals surface area contributed by atoms with Crippen molar-refractivity contribution in [3.8, 4) is 5.69 Å². The summed E-state index contributed by atoms with van der Waals surface area (Å²) in [6.45, 7) is 3.92. The second kappa shape index (κ2) is 7.09. The van der Waals surface area contributed by atoms with Crippen molar-refractivity contribution in [3.05, 3.63) is 46.8 Å². The highest BCUT2D eigenvalue weighted by molar-refractivity contribution is 5.96. The van der Waals surface area contributed by atoms with Crippen LogP contribution in [0.5, 0.6) is 0 Å². The lowest BCUT2D eigenvalue weighted by Crippen LogP contribution is -2.41. The third kappa shape index (κ3) is 3.43. The van der Waals surface area contributed by atoms with Crippen LogP contribution in [0.1, 0.15) is 53.5 Å². The number of nitrogens with one attached hydrogen (secondary N) is 1. The molecular weight excluding hydrogens is 318 g/mol. The summed E-state index contributed by atoms with van der Waals surface area (Å²) in [6, 6.07) is 7.12. The molecule has 0 saturated heterocycles. The fourth-order valence-corrected chi connectivity index (χ4v) is 3.29. The highest BCUT2D eigenvalue weighted by Gasteiger charge is 2.29. The molecule has 6 heteroatoms. The number of rotatable bonds is 6. The van der Waals surface area contributed by atoms with E-state index >= 15 is 0 Å². The standard InChI is InChI=1S/C19H23N3O3/c1-3-5-15(19(24)25)20-18(23)17-14-6-4-7-16(14)22(21-17)13-10-8-12(2)9-11-13/h8-11,15H,3-7H2,1-2H3,(H,20,23)(H,24,25). The smallest absolute Gasteiger partial charge is 0.326 e. The minimum Gasteiger partial charge on any atom is -0.480 e. The molecule has 0 aliphatic heterocycles. The van der Waals surface area contributed by atoms with Gasteiger partial charge in [0, 0.05) is 11.3 Å². The minimum absolute atomic E-state index is 0.357. The second-order valence-corrected chi connectivity index (χ2v) is 6.53. The average Bonchev–Trinajstić information content (AvgIpc) is 3.17. The molecule has 0 saturated carbocycles. The lowest BCUT2D eigenvalue weighted by molar-refractivity contribution is -0.139. The first kappa shape index (κ1) is 17.2. The van der Waals surface area contributed by atoms with Gasteiger partial charge in [-0.25, -0.2) is 9.48 Å². The molecule has 132 valence electrons. The van der Waals surface area contributed by atoms with E-state index in [0.29, 0.717) is 18.5 Å². The first-order valence-corrected chi connectivity index (χ1v) is 8.72. The molecule has 1 aliphatic rings. The Morgan fingerprint density at radius 1 is 1.28 bits per heavy atom. The number of benzene rings is 1. The molecular formula is C19H23N3O3. The molecule has 2 aromatic rings. The van der Waals surface area contributed by atoms with Gasteiger partial charge in [-0.05, 0) is 44.7 Å². The minimum atomic E-state index is -1.01. The second-order valence-electron chi connectivity index (χ2n) is 6.53. The number of hydrogen-bond acceptors (Lipinski definition) is 3. The van der Waals surface area contributed by atoms with Crippen molar-refractivity contribution >= 4 is 11.9 Å². The van der Waals surface area contributed by atoms with Gasteiger partial charge in [-0.1, -0.05) is 31.0 Å². The Bertz CT molecular complexity index is 793. The van der Waals surface area contributed by atoms with Gasteiger partial charge in [0.05, 0.1) is 5.69 Å². The Morgan fingerprint density at radius 3 is 2.64 bits per heavy atom. The van der Waals surface area contributed by atoms with Crippen molar-refractivity contribution in [3.63, 3.8) is 0 Å². The van der Waals surface area contributed by atoms with Crippen LogP contribution in [0.25, 0.3) is 5.69 Å². The molecule has 0 spiro atoms. The zero-order valence-electron chi connectivity index (χ0n) is 14.6. The van der Waals surface area contributed by atoms with Gasteiger partial charge in [-0.2, -0.15) is 5.10 Å². The predicted octanol–water partition coefficient (Wildman–Crippen LogP) is 2.65. The zero-order chi connectivity index (χ0) is 18.0. The summed E-state index contributed by atoms with van der Waals surface area (Å²) in [5.41, 5.74) is 4.44. The highest BCUT2D eigenvalue weighted by atomic mass is 16.4. The van der Waals surface area contributed by atoms with Gasteiger partial charge in [-0.3, -0.25) is 4.79 Å². The molecule has 0 radical (unpaired) electrons. The number of nitrogens with zero attached hydrogens (tertiary/aromatic N) is 2. The molecule has 0 fully saturated rings. The summed E-state index contributed by atoms with van der Waals surface area (Å²) in [7, 11) is 0. The van der Waals surface area contributed by atoms with E-state index in [1.165, 1.54) is 0 Å². The van der Waals surface area contributed by atoms with Crippen molar-refractivity contribution in [2.75, 3.05) is 0 Å². The van der Waals surface area contributed by atoms with Crippen LogP contribution in [-0.4, -0.2) is 32.8 Å². The maximum atomic E-state index is 12.6. The van der Waals surface area contributed by atoms with E-state index in [-0.39, 0.29) is 0 Å². The molecule has 0 bridgehead atoms. The lowest BCUT2D eigenvalue weighted by Gasteiger charge is -2.12. The SMILES string of the molecule is CCCC(NC(=O)c1nn(-c2ccc(C)cc2)c2c1CCC2)C(=O)O. The molecule has 1 unspecified atom stereocenters. The molecule has 1 heterocycles. The van der Waals surface area contributed by atoms with Gasteiger partial charge in [0.15, 0.2) is 5.69 Å². The normalized spacial score (nSPS) is 14.2. The molecule has 6 nitrogen and oxygen atoms in total. The summed E-state index contributed by atoms with van der Waals surface area (Å²) < 4.78 is 1.83. The fraction of sp³-hybridized carbons (Fsp3) is 0.421. The van der Waals surface area contributed by atoms with E-state index in [1.807, 2.05) is 42.8 Å². The van der Waals surface area contributed by atoms with Gasteiger partial charge in [0.25, 0.3) is 5.91 Å². The topological polar surface area (TPSA) is 84.2 Å². The molecule has 3 rings (SSSR count). The molecule has 1 atom stereocenters. The van der Waals surface area contributed by atoms with Crippen molar-refractivity contribution in [2.24, 2.45) is 0 Å². The summed E-state index contributed by atoms with van der Waals surface area (Å²) in [5.74, 6) is -1.41. The number of carboxylic acid groups (broad SMARTS) is 1. The van der Waals surface area contributed by atoms with E-state index in [1.54, 1.807) is 0 Å². The molecule has 1 aromatic heterocycles. The fourth-order valence-electron chi connectivity index (χ4n) is 3.29. The summed E-state index contributed by atoms with van der Waals surface area (Å²) in [5, 5.41) is 16.4. The van der Waals surface area contributed by atoms with Crippen LogP contribution in [0.2, 0.25) is 0 Å². The van der Waals surface area contributed by atoms with Crippen molar-refractivity contribution in [1.82, 2.24) is 15.1 Å². The number of aliphatic carboxylic acids is 1. The maximum absolute atomic E-state index is 12.6. The van der Waals surface area contributed by atoms with Crippen LogP contribution < -0.4 is 5.32 Å². The number of aryl methyl sites for hydroxylation is 1. The van der Waals surface area contributed by atoms with Gasteiger partial charge in [-0.15, -0.1) is 0 Å². The number of hydrogen-bond donors (Lipinski definition) is 2.